The number of ketones is 1. The molecule has 0 aromatic carbocycles. The molecule has 0 saturated heterocycles. The normalized spacial score (nSPS) is 31.5. The Morgan fingerprint density at radius 3 is 2.55 bits per heavy atom. The van der Waals surface area contributed by atoms with Gasteiger partial charge in [0.15, 0.2) is 0 Å². The Hall–Kier alpha value is 0.474. The van der Waals surface area contributed by atoms with Crippen molar-refractivity contribution in [1.29, 1.82) is 0 Å². The first kappa shape index (κ1) is 11.5. The summed E-state index contributed by atoms with van der Waals surface area (Å²) in [7, 11) is 0. The molecule has 2 atom stereocenters. The quantitative estimate of drug-likeness (QED) is 0.626. The van der Waals surface area contributed by atoms with Crippen molar-refractivity contribution in [2.24, 2.45) is 5.92 Å². The van der Waals surface area contributed by atoms with Crippen LogP contribution in [0.3, 0.4) is 0 Å². The van der Waals surface area contributed by atoms with Gasteiger partial charge in [-0.2, -0.15) is 0 Å². The van der Waals surface area contributed by atoms with E-state index in [0.29, 0.717) is 6.42 Å². The number of aliphatic hydroxyl groups excluding tert-OH is 1. The van der Waals surface area contributed by atoms with Crippen LogP contribution < -0.4 is 0 Å². The number of aliphatic hydroxyl groups is 1. The van der Waals surface area contributed by atoms with Gasteiger partial charge >= 0.3 is 0 Å². The fourth-order valence-corrected chi connectivity index (χ4v) is 1.23. The maximum atomic E-state index is 10.8. The first-order valence-corrected chi connectivity index (χ1v) is 3.49. The van der Waals surface area contributed by atoms with E-state index in [1.807, 2.05) is 6.92 Å². The van der Waals surface area contributed by atoms with Gasteiger partial charge in [-0.05, 0) is 11.5 Å². The molecule has 1 rings (SSSR count). The SMILES string of the molecule is C=C1[C@H](C)CC(=O)C[C@H]1O.[Y]. The van der Waals surface area contributed by atoms with Crippen molar-refractivity contribution >= 4 is 5.78 Å². The molecule has 0 aliphatic heterocycles. The van der Waals surface area contributed by atoms with Gasteiger partial charge in [-0.1, -0.05) is 13.5 Å². The van der Waals surface area contributed by atoms with Crippen LogP contribution in [-0.4, -0.2) is 17.0 Å². The van der Waals surface area contributed by atoms with Crippen molar-refractivity contribution in [2.75, 3.05) is 0 Å². The van der Waals surface area contributed by atoms with E-state index in [2.05, 4.69) is 6.58 Å². The first-order valence-electron chi connectivity index (χ1n) is 3.49. The summed E-state index contributed by atoms with van der Waals surface area (Å²) in [5.74, 6) is 0.309. The molecule has 0 bridgehead atoms. The van der Waals surface area contributed by atoms with Crippen LogP contribution in [0.5, 0.6) is 0 Å². The molecule has 1 N–H and O–H groups in total. The van der Waals surface area contributed by atoms with E-state index in [1.54, 1.807) is 0 Å². The monoisotopic (exact) mass is 229 g/mol. The molecule has 1 aliphatic rings. The van der Waals surface area contributed by atoms with Crippen LogP contribution in [0.25, 0.3) is 0 Å². The van der Waals surface area contributed by atoms with Gasteiger partial charge in [0, 0.05) is 45.6 Å². The molecule has 0 aromatic rings. The van der Waals surface area contributed by atoms with Crippen LogP contribution in [-0.2, 0) is 37.5 Å². The first-order chi connectivity index (χ1) is 4.61. The molecule has 1 radical (unpaired) electrons. The van der Waals surface area contributed by atoms with Gasteiger partial charge in [0.2, 0.25) is 0 Å². The fourth-order valence-electron chi connectivity index (χ4n) is 1.23. The van der Waals surface area contributed by atoms with Gasteiger partial charge < -0.3 is 5.11 Å². The van der Waals surface area contributed by atoms with E-state index in [9.17, 15) is 9.90 Å². The summed E-state index contributed by atoms with van der Waals surface area (Å²) in [5, 5.41) is 9.20. The Morgan fingerprint density at radius 2 is 2.09 bits per heavy atom. The van der Waals surface area contributed by atoms with Crippen LogP contribution in [0.1, 0.15) is 19.8 Å². The van der Waals surface area contributed by atoms with E-state index >= 15 is 0 Å². The van der Waals surface area contributed by atoms with E-state index in [0.717, 1.165) is 5.57 Å². The predicted molar refractivity (Wildman–Crippen MR) is 38.6 cm³/mol. The van der Waals surface area contributed by atoms with Gasteiger partial charge in [-0.25, -0.2) is 0 Å². The minimum absolute atomic E-state index is 0. The number of carbonyl (C=O) groups is 1. The van der Waals surface area contributed by atoms with Crippen molar-refractivity contribution in [3.63, 3.8) is 0 Å². The number of Topliss-reactive ketones (excluding diaryl/α,β-unsaturated/α-hetero) is 1. The molecule has 1 saturated carbocycles. The molecule has 0 unspecified atom stereocenters. The Balaban J connectivity index is 0.000001000. The van der Waals surface area contributed by atoms with Gasteiger partial charge in [-0.3, -0.25) is 4.79 Å². The summed E-state index contributed by atoms with van der Waals surface area (Å²) in [6.45, 7) is 5.63. The average Bonchev–Trinajstić information content (AvgIpc) is 1.82. The fraction of sp³-hybridized carbons (Fsp3) is 0.625. The molecule has 11 heavy (non-hydrogen) atoms. The summed E-state index contributed by atoms with van der Waals surface area (Å²) in [6, 6.07) is 0. The van der Waals surface area contributed by atoms with Crippen molar-refractivity contribution in [1.82, 2.24) is 0 Å². The van der Waals surface area contributed by atoms with Crippen molar-refractivity contribution in [3.05, 3.63) is 12.2 Å². The zero-order chi connectivity index (χ0) is 7.72. The Labute approximate surface area is 91.9 Å². The predicted octanol–water partition coefficient (Wildman–Crippen LogP) is 0.900. The second-order valence-electron chi connectivity index (χ2n) is 2.94. The molecule has 3 heteroatoms. The Morgan fingerprint density at radius 1 is 1.55 bits per heavy atom. The summed E-state index contributed by atoms with van der Waals surface area (Å²) in [4.78, 5) is 10.8. The van der Waals surface area contributed by atoms with Gasteiger partial charge in [-0.15, -0.1) is 0 Å². The van der Waals surface area contributed by atoms with Crippen LogP contribution in [0.4, 0.5) is 0 Å². The maximum absolute atomic E-state index is 10.8. The van der Waals surface area contributed by atoms with Crippen molar-refractivity contribution in [3.8, 4) is 0 Å². The zero-order valence-electron chi connectivity index (χ0n) is 6.71. The molecule has 1 aliphatic carbocycles. The maximum Gasteiger partial charge on any atom is 0.136 e. The molecule has 2 nitrogen and oxygen atoms in total. The van der Waals surface area contributed by atoms with E-state index in [1.165, 1.54) is 0 Å². The molecular weight excluding hydrogens is 217 g/mol. The van der Waals surface area contributed by atoms with Gasteiger partial charge in [0.25, 0.3) is 0 Å². The van der Waals surface area contributed by atoms with E-state index in [4.69, 9.17) is 0 Å². The van der Waals surface area contributed by atoms with Crippen LogP contribution in [0.15, 0.2) is 12.2 Å². The number of hydrogen-bond donors (Lipinski definition) is 1. The summed E-state index contributed by atoms with van der Waals surface area (Å²) in [6.07, 6.45) is 0.232. The Bertz CT molecular complexity index is 161. The Kier molecular flexibility index (Phi) is 4.68. The van der Waals surface area contributed by atoms with E-state index < -0.39 is 6.10 Å². The largest absolute Gasteiger partial charge is 0.388 e. The zero-order valence-corrected chi connectivity index (χ0v) is 9.55. The second kappa shape index (κ2) is 4.49. The molecule has 0 amide bonds. The molecule has 0 heterocycles. The topological polar surface area (TPSA) is 37.3 Å². The number of hydrogen-bond acceptors (Lipinski definition) is 2. The van der Waals surface area contributed by atoms with Crippen LogP contribution in [0.2, 0.25) is 0 Å². The minimum atomic E-state index is -0.587. The third-order valence-electron chi connectivity index (χ3n) is 2.02. The summed E-state index contributed by atoms with van der Waals surface area (Å²) >= 11 is 0. The molecule has 0 spiro atoms. The van der Waals surface area contributed by atoms with Gasteiger partial charge in [0.05, 0.1) is 6.10 Å². The third kappa shape index (κ3) is 2.77. The van der Waals surface area contributed by atoms with Crippen LogP contribution >= 0.6 is 0 Å². The van der Waals surface area contributed by atoms with Crippen molar-refractivity contribution < 1.29 is 42.6 Å². The van der Waals surface area contributed by atoms with Crippen molar-refractivity contribution in [2.45, 2.75) is 25.9 Å². The average molecular weight is 229 g/mol. The van der Waals surface area contributed by atoms with Gasteiger partial charge in [0.1, 0.15) is 5.78 Å². The molecular formula is C8H12O2Y. The standard InChI is InChI=1S/C8H12O2.Y/c1-5-3-7(9)4-8(10)6(5)2;/h5,8,10H,2-4H2,1H3;/t5-,8-;/m1./s1. The molecule has 1 fully saturated rings. The summed E-state index contributed by atoms with van der Waals surface area (Å²) in [5.41, 5.74) is 0.805. The summed E-state index contributed by atoms with van der Waals surface area (Å²) < 4.78 is 0. The molecule has 0 aromatic heterocycles. The number of rotatable bonds is 0. The second-order valence-corrected chi connectivity index (χ2v) is 2.94. The molecule has 59 valence electrons. The number of carbonyl (C=O) groups excluding carboxylic acids is 1. The smallest absolute Gasteiger partial charge is 0.136 e. The van der Waals surface area contributed by atoms with E-state index in [-0.39, 0.29) is 50.8 Å². The van der Waals surface area contributed by atoms with Crippen LogP contribution in [0, 0.1) is 5.92 Å². The third-order valence-corrected chi connectivity index (χ3v) is 2.02. The minimum Gasteiger partial charge on any atom is -0.388 e.